The van der Waals surface area contributed by atoms with Crippen LogP contribution in [-0.2, 0) is 31.4 Å². The number of fused-ring (bicyclic) bond motifs is 1. The number of hydrogen-bond acceptors (Lipinski definition) is 4. The minimum absolute atomic E-state index is 0.0108. The summed E-state index contributed by atoms with van der Waals surface area (Å²) in [6, 6.07) is 20.4. The maximum atomic E-state index is 12.9. The van der Waals surface area contributed by atoms with Crippen molar-refractivity contribution < 1.29 is 4.79 Å². The van der Waals surface area contributed by atoms with Gasteiger partial charge in [-0.2, -0.15) is 10.2 Å². The van der Waals surface area contributed by atoms with E-state index < -0.39 is 0 Å². The Kier molecular flexibility index (Phi) is 6.86. The van der Waals surface area contributed by atoms with Crippen molar-refractivity contribution in [3.8, 4) is 11.3 Å². The highest BCUT2D eigenvalue weighted by molar-refractivity contribution is 5.84. The van der Waals surface area contributed by atoms with Crippen LogP contribution in [0.15, 0.2) is 66.9 Å². The Morgan fingerprint density at radius 3 is 2.35 bits per heavy atom. The lowest BCUT2D eigenvalue weighted by atomic mass is 9.99. The first-order valence-electron chi connectivity index (χ1n) is 12.6. The second kappa shape index (κ2) is 10.4. The lowest BCUT2D eigenvalue weighted by molar-refractivity contribution is -0.121. The summed E-state index contributed by atoms with van der Waals surface area (Å²) in [4.78, 5) is 17.7. The van der Waals surface area contributed by atoms with E-state index in [4.69, 9.17) is 10.1 Å². The van der Waals surface area contributed by atoms with Gasteiger partial charge in [0.1, 0.15) is 0 Å². The Bertz CT molecular complexity index is 1550. The molecular weight excluding hydrogens is 460 g/mol. The van der Waals surface area contributed by atoms with Gasteiger partial charge < -0.3 is 5.32 Å². The molecule has 37 heavy (non-hydrogen) atoms. The molecule has 188 valence electrons. The SMILES string of the molecule is Cc1nc2c(c(C)nn2C)c(C)c1CCC(=O)NCc1cn(Cc2ccccc2)nc1-c1ccccc1. The van der Waals surface area contributed by atoms with Gasteiger partial charge >= 0.3 is 0 Å². The topological polar surface area (TPSA) is 77.6 Å². The number of nitrogens with zero attached hydrogens (tertiary/aromatic N) is 5. The van der Waals surface area contributed by atoms with Gasteiger partial charge in [0.25, 0.3) is 0 Å². The highest BCUT2D eigenvalue weighted by Gasteiger charge is 2.17. The predicted molar refractivity (Wildman–Crippen MR) is 146 cm³/mol. The standard InChI is InChI=1S/C30H32N6O/c1-20-26(21(2)32-30-28(20)22(3)33-35(30)4)15-16-27(37)31-17-25-19-36(18-23-11-7-5-8-12-23)34-29(25)24-13-9-6-10-14-24/h5-14,19H,15-18H2,1-4H3,(H,31,37). The second-order valence-electron chi connectivity index (χ2n) is 9.54. The molecule has 0 unspecified atom stereocenters. The van der Waals surface area contributed by atoms with E-state index in [0.29, 0.717) is 25.9 Å². The maximum absolute atomic E-state index is 12.9. The van der Waals surface area contributed by atoms with Crippen LogP contribution in [0.3, 0.4) is 0 Å². The average Bonchev–Trinajstić information content (AvgIpc) is 3.43. The molecule has 0 spiro atoms. The van der Waals surface area contributed by atoms with Crippen molar-refractivity contribution in [2.24, 2.45) is 7.05 Å². The molecule has 0 saturated heterocycles. The van der Waals surface area contributed by atoms with Gasteiger partial charge in [-0.1, -0.05) is 60.7 Å². The molecule has 2 aromatic carbocycles. The summed E-state index contributed by atoms with van der Waals surface area (Å²) in [5, 5.41) is 13.6. The molecule has 0 bridgehead atoms. The van der Waals surface area contributed by atoms with Gasteiger partial charge in [0, 0.05) is 48.4 Å². The van der Waals surface area contributed by atoms with Gasteiger partial charge in [-0.3, -0.25) is 14.2 Å². The van der Waals surface area contributed by atoms with Crippen molar-refractivity contribution in [2.75, 3.05) is 0 Å². The van der Waals surface area contributed by atoms with Crippen molar-refractivity contribution >= 4 is 16.9 Å². The summed E-state index contributed by atoms with van der Waals surface area (Å²) < 4.78 is 3.77. The van der Waals surface area contributed by atoms with E-state index in [1.165, 1.54) is 5.56 Å². The number of rotatable bonds is 8. The van der Waals surface area contributed by atoms with Gasteiger partial charge in [-0.05, 0) is 43.9 Å². The van der Waals surface area contributed by atoms with Crippen LogP contribution in [0.1, 0.15) is 40.1 Å². The minimum Gasteiger partial charge on any atom is -0.352 e. The Morgan fingerprint density at radius 1 is 0.919 bits per heavy atom. The first-order chi connectivity index (χ1) is 17.9. The fourth-order valence-corrected chi connectivity index (χ4v) is 5.03. The number of pyridine rings is 1. The van der Waals surface area contributed by atoms with Gasteiger partial charge in [-0.15, -0.1) is 0 Å². The molecule has 3 heterocycles. The molecular formula is C30H32N6O. The maximum Gasteiger partial charge on any atom is 0.220 e. The van der Waals surface area contributed by atoms with Gasteiger partial charge in [0.15, 0.2) is 5.65 Å². The molecule has 0 fully saturated rings. The first-order valence-corrected chi connectivity index (χ1v) is 12.6. The zero-order chi connectivity index (χ0) is 25.9. The number of carbonyl (C=O) groups excluding carboxylic acids is 1. The Labute approximate surface area is 217 Å². The van der Waals surface area contributed by atoms with Crippen LogP contribution in [0.25, 0.3) is 22.3 Å². The number of benzene rings is 2. The van der Waals surface area contributed by atoms with E-state index in [-0.39, 0.29) is 5.91 Å². The highest BCUT2D eigenvalue weighted by Crippen LogP contribution is 2.26. The normalized spacial score (nSPS) is 11.2. The molecule has 0 atom stereocenters. The summed E-state index contributed by atoms with van der Waals surface area (Å²) in [6.07, 6.45) is 3.07. The number of nitrogens with one attached hydrogen (secondary N) is 1. The molecule has 3 aromatic heterocycles. The zero-order valence-corrected chi connectivity index (χ0v) is 21.8. The molecule has 1 N–H and O–H groups in total. The Morgan fingerprint density at radius 2 is 1.62 bits per heavy atom. The number of carbonyl (C=O) groups is 1. The predicted octanol–water partition coefficient (Wildman–Crippen LogP) is 5.05. The quantitative estimate of drug-likeness (QED) is 0.329. The fraction of sp³-hybridized carbons (Fsp3) is 0.267. The number of aryl methyl sites for hydroxylation is 4. The van der Waals surface area contributed by atoms with E-state index in [0.717, 1.165) is 50.4 Å². The van der Waals surface area contributed by atoms with Crippen molar-refractivity contribution in [1.82, 2.24) is 29.9 Å². The molecule has 5 aromatic rings. The Hall–Kier alpha value is -4.26. The summed E-state index contributed by atoms with van der Waals surface area (Å²) in [7, 11) is 1.92. The highest BCUT2D eigenvalue weighted by atomic mass is 16.1. The molecule has 7 heteroatoms. The first kappa shape index (κ1) is 24.4. The van der Waals surface area contributed by atoms with E-state index >= 15 is 0 Å². The molecule has 0 radical (unpaired) electrons. The third kappa shape index (κ3) is 5.16. The molecule has 0 aliphatic carbocycles. The van der Waals surface area contributed by atoms with Crippen LogP contribution in [0.5, 0.6) is 0 Å². The van der Waals surface area contributed by atoms with Crippen molar-refractivity contribution in [3.63, 3.8) is 0 Å². The monoisotopic (exact) mass is 492 g/mol. The minimum atomic E-state index is 0.0108. The van der Waals surface area contributed by atoms with Crippen LogP contribution in [-0.4, -0.2) is 30.5 Å². The van der Waals surface area contributed by atoms with Crippen LogP contribution >= 0.6 is 0 Å². The fourth-order valence-electron chi connectivity index (χ4n) is 5.03. The molecule has 0 aliphatic heterocycles. The van der Waals surface area contributed by atoms with Crippen molar-refractivity contribution in [1.29, 1.82) is 0 Å². The van der Waals surface area contributed by atoms with Crippen molar-refractivity contribution in [3.05, 3.63) is 101 Å². The summed E-state index contributed by atoms with van der Waals surface area (Å²) in [5.41, 5.74) is 9.21. The molecule has 5 rings (SSSR count). The third-order valence-electron chi connectivity index (χ3n) is 6.88. The Balaban J connectivity index is 1.30. The summed E-state index contributed by atoms with van der Waals surface area (Å²) >= 11 is 0. The van der Waals surface area contributed by atoms with E-state index in [2.05, 4.69) is 41.6 Å². The largest absolute Gasteiger partial charge is 0.352 e. The van der Waals surface area contributed by atoms with E-state index in [1.807, 2.05) is 72.9 Å². The van der Waals surface area contributed by atoms with Crippen molar-refractivity contribution in [2.45, 2.75) is 46.7 Å². The van der Waals surface area contributed by atoms with Gasteiger partial charge in [-0.25, -0.2) is 4.98 Å². The number of amides is 1. The van der Waals surface area contributed by atoms with Crippen LogP contribution in [0.2, 0.25) is 0 Å². The van der Waals surface area contributed by atoms with Gasteiger partial charge in [0.2, 0.25) is 5.91 Å². The summed E-state index contributed by atoms with van der Waals surface area (Å²) in [5.74, 6) is 0.0108. The number of hydrogen-bond donors (Lipinski definition) is 1. The van der Waals surface area contributed by atoms with E-state index in [9.17, 15) is 4.79 Å². The van der Waals surface area contributed by atoms with Crippen LogP contribution in [0, 0.1) is 20.8 Å². The number of aromatic nitrogens is 5. The average molecular weight is 493 g/mol. The zero-order valence-electron chi connectivity index (χ0n) is 21.8. The molecule has 0 aliphatic rings. The lowest BCUT2D eigenvalue weighted by Gasteiger charge is -2.11. The second-order valence-corrected chi connectivity index (χ2v) is 9.54. The third-order valence-corrected chi connectivity index (χ3v) is 6.88. The van der Waals surface area contributed by atoms with Crippen LogP contribution in [0.4, 0.5) is 0 Å². The molecule has 0 saturated carbocycles. The van der Waals surface area contributed by atoms with Crippen LogP contribution < -0.4 is 5.32 Å². The molecule has 7 nitrogen and oxygen atoms in total. The smallest absolute Gasteiger partial charge is 0.220 e. The molecule has 1 amide bonds. The van der Waals surface area contributed by atoms with E-state index in [1.54, 1.807) is 0 Å². The van der Waals surface area contributed by atoms with Gasteiger partial charge in [0.05, 0.1) is 17.9 Å². The lowest BCUT2D eigenvalue weighted by Crippen LogP contribution is -2.23. The summed E-state index contributed by atoms with van der Waals surface area (Å²) in [6.45, 7) is 7.22.